The number of carbonyl (C=O) groups excluding carboxylic acids is 1. The van der Waals surface area contributed by atoms with Crippen LogP contribution in [0.3, 0.4) is 0 Å². The Morgan fingerprint density at radius 1 is 1.19 bits per heavy atom. The van der Waals surface area contributed by atoms with Crippen molar-refractivity contribution in [3.63, 3.8) is 0 Å². The van der Waals surface area contributed by atoms with Crippen LogP contribution in [0.1, 0.15) is 27.0 Å². The first-order valence-electron chi connectivity index (χ1n) is 9.92. The molecular formula is C23H22N4O4. The van der Waals surface area contributed by atoms with E-state index in [1.165, 1.54) is 36.4 Å². The highest BCUT2D eigenvalue weighted by Crippen LogP contribution is 2.27. The Morgan fingerprint density at radius 2 is 2.00 bits per heavy atom. The average molecular weight is 418 g/mol. The van der Waals surface area contributed by atoms with E-state index in [-0.39, 0.29) is 23.5 Å². The quantitative estimate of drug-likeness (QED) is 0.486. The Kier molecular flexibility index (Phi) is 5.79. The first kappa shape index (κ1) is 20.3. The number of benzene rings is 2. The van der Waals surface area contributed by atoms with Gasteiger partial charge in [-0.1, -0.05) is 30.3 Å². The molecule has 0 bridgehead atoms. The third-order valence-corrected chi connectivity index (χ3v) is 5.35. The number of rotatable bonds is 6. The molecule has 0 aliphatic carbocycles. The lowest BCUT2D eigenvalue weighted by Gasteiger charge is -2.29. The Bertz CT molecular complexity index is 1110. The molecule has 31 heavy (non-hydrogen) atoms. The van der Waals surface area contributed by atoms with Crippen LogP contribution < -0.4 is 15.0 Å². The molecule has 3 aromatic rings. The number of nitro benzene ring substituents is 1. The van der Waals surface area contributed by atoms with Gasteiger partial charge in [0.25, 0.3) is 5.91 Å². The summed E-state index contributed by atoms with van der Waals surface area (Å²) in [6.07, 6.45) is 2.73. The maximum atomic E-state index is 12.4. The molecule has 1 aromatic heterocycles. The number of hydrogen-bond acceptors (Lipinski definition) is 6. The molecule has 1 aliphatic rings. The van der Waals surface area contributed by atoms with Crippen molar-refractivity contribution in [2.24, 2.45) is 0 Å². The number of fused-ring (bicyclic) bond motifs is 1. The Labute approximate surface area is 179 Å². The van der Waals surface area contributed by atoms with Gasteiger partial charge >= 0.3 is 5.69 Å². The lowest BCUT2D eigenvalue weighted by molar-refractivity contribution is -0.385. The van der Waals surface area contributed by atoms with E-state index in [0.29, 0.717) is 0 Å². The van der Waals surface area contributed by atoms with Crippen LogP contribution >= 0.6 is 0 Å². The zero-order valence-corrected chi connectivity index (χ0v) is 17.1. The van der Waals surface area contributed by atoms with Crippen molar-refractivity contribution >= 4 is 17.4 Å². The molecule has 0 fully saturated rings. The highest BCUT2D eigenvalue weighted by molar-refractivity contribution is 5.95. The van der Waals surface area contributed by atoms with Crippen LogP contribution in [-0.2, 0) is 19.5 Å². The van der Waals surface area contributed by atoms with Crippen molar-refractivity contribution in [1.29, 1.82) is 0 Å². The molecule has 1 aliphatic heterocycles. The first-order chi connectivity index (χ1) is 15.0. The standard InChI is InChI=1S/C23H22N4O4/c1-31-21-8-7-18(12-20(21)27(29)30)23(28)25-14-16-6-9-22(24-13-16)26-11-10-17-4-2-3-5-19(17)15-26/h2-9,12-13H,10-11,14-15H2,1H3,(H,25,28). The number of nitrogens with zero attached hydrogens (tertiary/aromatic N) is 3. The lowest BCUT2D eigenvalue weighted by Crippen LogP contribution is -2.31. The molecule has 0 atom stereocenters. The maximum absolute atomic E-state index is 12.4. The van der Waals surface area contributed by atoms with Crippen LogP contribution in [0.15, 0.2) is 60.8 Å². The molecule has 1 N–H and O–H groups in total. The van der Waals surface area contributed by atoms with Gasteiger partial charge in [0, 0.05) is 37.5 Å². The second-order valence-electron chi connectivity index (χ2n) is 7.29. The summed E-state index contributed by atoms with van der Waals surface area (Å²) in [4.78, 5) is 29.8. The summed E-state index contributed by atoms with van der Waals surface area (Å²) in [5, 5.41) is 13.9. The van der Waals surface area contributed by atoms with Gasteiger partial charge in [0.2, 0.25) is 0 Å². The predicted molar refractivity (Wildman–Crippen MR) is 116 cm³/mol. The molecule has 0 saturated heterocycles. The molecule has 1 amide bonds. The zero-order valence-electron chi connectivity index (χ0n) is 17.1. The van der Waals surface area contributed by atoms with E-state index in [9.17, 15) is 14.9 Å². The minimum Gasteiger partial charge on any atom is -0.490 e. The zero-order chi connectivity index (χ0) is 21.8. The Hall–Kier alpha value is -3.94. The van der Waals surface area contributed by atoms with Crippen molar-refractivity contribution in [1.82, 2.24) is 10.3 Å². The molecule has 0 unspecified atom stereocenters. The summed E-state index contributed by atoms with van der Waals surface area (Å²) < 4.78 is 4.97. The topological polar surface area (TPSA) is 97.6 Å². The summed E-state index contributed by atoms with van der Waals surface area (Å²) in [6, 6.07) is 16.4. The van der Waals surface area contributed by atoms with Gasteiger partial charge in [0.15, 0.2) is 5.75 Å². The Morgan fingerprint density at radius 3 is 2.71 bits per heavy atom. The number of carbonyl (C=O) groups is 1. The summed E-state index contributed by atoms with van der Waals surface area (Å²) in [5.41, 5.74) is 3.50. The van der Waals surface area contributed by atoms with E-state index < -0.39 is 10.8 Å². The predicted octanol–water partition coefficient (Wildman–Crippen LogP) is 3.49. The molecular weight excluding hydrogens is 396 g/mol. The highest BCUT2D eigenvalue weighted by atomic mass is 16.6. The summed E-state index contributed by atoms with van der Waals surface area (Å²) in [5.74, 6) is 0.611. The minimum atomic E-state index is -0.572. The van der Waals surface area contributed by atoms with E-state index >= 15 is 0 Å². The van der Waals surface area contributed by atoms with Gasteiger partial charge in [-0.3, -0.25) is 14.9 Å². The maximum Gasteiger partial charge on any atom is 0.311 e. The van der Waals surface area contributed by atoms with Crippen LogP contribution in [-0.4, -0.2) is 29.5 Å². The van der Waals surface area contributed by atoms with E-state index in [1.54, 1.807) is 6.20 Å². The van der Waals surface area contributed by atoms with Gasteiger partial charge in [-0.25, -0.2) is 4.98 Å². The van der Waals surface area contributed by atoms with Crippen molar-refractivity contribution in [2.45, 2.75) is 19.5 Å². The monoisotopic (exact) mass is 418 g/mol. The number of ether oxygens (including phenoxy) is 1. The van der Waals surface area contributed by atoms with Crippen molar-refractivity contribution < 1.29 is 14.5 Å². The fourth-order valence-electron chi connectivity index (χ4n) is 3.66. The SMILES string of the molecule is COc1ccc(C(=O)NCc2ccc(N3CCc4ccccc4C3)nc2)cc1[N+](=O)[O-]. The summed E-state index contributed by atoms with van der Waals surface area (Å²) >= 11 is 0. The van der Waals surface area contributed by atoms with Gasteiger partial charge in [0.05, 0.1) is 12.0 Å². The summed E-state index contributed by atoms with van der Waals surface area (Å²) in [6.45, 7) is 2.01. The van der Waals surface area contributed by atoms with Crippen molar-refractivity contribution in [3.8, 4) is 5.75 Å². The third kappa shape index (κ3) is 4.48. The molecule has 8 nitrogen and oxygen atoms in total. The third-order valence-electron chi connectivity index (χ3n) is 5.35. The van der Waals surface area contributed by atoms with Gasteiger partial charge in [-0.05, 0) is 41.3 Å². The van der Waals surface area contributed by atoms with Gasteiger partial charge in [0.1, 0.15) is 5.82 Å². The minimum absolute atomic E-state index is 0.113. The fraction of sp³-hybridized carbons (Fsp3) is 0.217. The molecule has 2 heterocycles. The molecule has 4 rings (SSSR count). The molecule has 2 aromatic carbocycles. The first-order valence-corrected chi connectivity index (χ1v) is 9.92. The number of pyridine rings is 1. The number of nitrogens with one attached hydrogen (secondary N) is 1. The number of nitro groups is 1. The molecule has 158 valence electrons. The Balaban J connectivity index is 1.38. The van der Waals surface area contributed by atoms with E-state index in [1.807, 2.05) is 12.1 Å². The lowest BCUT2D eigenvalue weighted by atomic mass is 10.00. The average Bonchev–Trinajstić information content (AvgIpc) is 2.82. The fourth-order valence-corrected chi connectivity index (χ4v) is 3.66. The van der Waals surface area contributed by atoms with Crippen molar-refractivity contribution in [3.05, 3.63) is 93.2 Å². The number of aromatic nitrogens is 1. The van der Waals surface area contributed by atoms with Crippen LogP contribution in [0.5, 0.6) is 5.75 Å². The highest BCUT2D eigenvalue weighted by Gasteiger charge is 2.19. The number of anilines is 1. The number of amides is 1. The molecule has 0 radical (unpaired) electrons. The normalized spacial score (nSPS) is 12.7. The van der Waals surface area contributed by atoms with Gasteiger partial charge in [-0.15, -0.1) is 0 Å². The van der Waals surface area contributed by atoms with E-state index in [4.69, 9.17) is 4.74 Å². The van der Waals surface area contributed by atoms with Crippen molar-refractivity contribution in [2.75, 3.05) is 18.6 Å². The van der Waals surface area contributed by atoms with Gasteiger partial charge in [-0.2, -0.15) is 0 Å². The van der Waals surface area contributed by atoms with Crippen LogP contribution in [0.25, 0.3) is 0 Å². The number of methoxy groups -OCH3 is 1. The van der Waals surface area contributed by atoms with Crippen LogP contribution in [0.4, 0.5) is 11.5 Å². The van der Waals surface area contributed by atoms with Crippen LogP contribution in [0.2, 0.25) is 0 Å². The smallest absolute Gasteiger partial charge is 0.311 e. The second kappa shape index (κ2) is 8.83. The van der Waals surface area contributed by atoms with E-state index in [0.717, 1.165) is 30.9 Å². The largest absolute Gasteiger partial charge is 0.490 e. The molecule has 0 saturated carbocycles. The summed E-state index contributed by atoms with van der Waals surface area (Å²) in [7, 11) is 1.35. The van der Waals surface area contributed by atoms with Crippen LogP contribution in [0, 0.1) is 10.1 Å². The second-order valence-corrected chi connectivity index (χ2v) is 7.29. The molecule has 8 heteroatoms. The van der Waals surface area contributed by atoms with Gasteiger partial charge < -0.3 is 15.0 Å². The van der Waals surface area contributed by atoms with E-state index in [2.05, 4.69) is 39.5 Å². The molecule has 0 spiro atoms. The number of hydrogen-bond donors (Lipinski definition) is 1.